The molecule has 114 valence electrons. The first kappa shape index (κ1) is 16.5. The molecule has 0 aromatic heterocycles. The molecule has 0 spiro atoms. The smallest absolute Gasteiger partial charge is 0.317 e. The summed E-state index contributed by atoms with van der Waals surface area (Å²) in [5.74, 6) is -1.05. The number of nitrogens with zero attached hydrogens (tertiary/aromatic N) is 3. The molecule has 0 unspecified atom stereocenters. The number of carboxylic acid groups (broad SMARTS) is 1. The molecule has 9 nitrogen and oxygen atoms in total. The van der Waals surface area contributed by atoms with E-state index in [1.54, 1.807) is 13.8 Å². The molecule has 1 aromatic carbocycles. The van der Waals surface area contributed by atoms with E-state index in [1.165, 1.54) is 17.0 Å². The number of carboxylic acids is 1. The number of hydrogen-bond acceptors (Lipinski definition) is 6. The maximum absolute atomic E-state index is 11.0. The fourth-order valence-corrected chi connectivity index (χ4v) is 1.78. The number of non-ortho nitro benzene ring substituents is 1. The fourth-order valence-electron chi connectivity index (χ4n) is 1.78. The van der Waals surface area contributed by atoms with Crippen molar-refractivity contribution in [2.24, 2.45) is 0 Å². The molecule has 0 aliphatic heterocycles. The Bertz CT molecular complexity index is 572. The van der Waals surface area contributed by atoms with Crippen LogP contribution in [0.25, 0.3) is 0 Å². The molecule has 9 heteroatoms. The lowest BCUT2D eigenvalue weighted by Crippen LogP contribution is -2.35. The maximum Gasteiger partial charge on any atom is 0.317 e. The van der Waals surface area contributed by atoms with Crippen LogP contribution in [0.5, 0.6) is 0 Å². The zero-order valence-electron chi connectivity index (χ0n) is 11.6. The molecule has 21 heavy (non-hydrogen) atoms. The van der Waals surface area contributed by atoms with E-state index in [0.29, 0.717) is 0 Å². The molecular formula is C12H15N3O6. The van der Waals surface area contributed by atoms with E-state index >= 15 is 0 Å². The van der Waals surface area contributed by atoms with Crippen molar-refractivity contribution < 1.29 is 19.7 Å². The number of rotatable bonds is 7. The van der Waals surface area contributed by atoms with Crippen molar-refractivity contribution in [3.05, 3.63) is 44.0 Å². The van der Waals surface area contributed by atoms with E-state index in [-0.39, 0.29) is 36.1 Å². The summed E-state index contributed by atoms with van der Waals surface area (Å²) in [7, 11) is 0. The highest BCUT2D eigenvalue weighted by Crippen LogP contribution is 2.26. The Labute approximate surface area is 120 Å². The summed E-state index contributed by atoms with van der Waals surface area (Å²) < 4.78 is 0. The van der Waals surface area contributed by atoms with Crippen LogP contribution in [-0.4, -0.2) is 38.4 Å². The third-order valence-corrected chi connectivity index (χ3v) is 2.92. The molecule has 0 heterocycles. The van der Waals surface area contributed by atoms with Gasteiger partial charge in [0, 0.05) is 24.2 Å². The van der Waals surface area contributed by atoms with Gasteiger partial charge in [0.2, 0.25) is 0 Å². The summed E-state index contributed by atoms with van der Waals surface area (Å²) in [6.07, 6.45) is 0. The number of nitro groups is 2. The van der Waals surface area contributed by atoms with Gasteiger partial charge in [-0.15, -0.1) is 0 Å². The van der Waals surface area contributed by atoms with Crippen molar-refractivity contribution in [2.45, 2.75) is 26.4 Å². The third-order valence-electron chi connectivity index (χ3n) is 2.92. The van der Waals surface area contributed by atoms with E-state index in [4.69, 9.17) is 5.11 Å². The minimum atomic E-state index is -1.05. The summed E-state index contributed by atoms with van der Waals surface area (Å²) in [5, 5.41) is 30.5. The third kappa shape index (κ3) is 4.49. The van der Waals surface area contributed by atoms with Crippen molar-refractivity contribution in [2.75, 3.05) is 6.54 Å². The molecule has 1 rings (SSSR count). The van der Waals surface area contributed by atoms with Crippen LogP contribution in [0.15, 0.2) is 18.2 Å². The van der Waals surface area contributed by atoms with Crippen LogP contribution in [-0.2, 0) is 11.3 Å². The van der Waals surface area contributed by atoms with E-state index < -0.39 is 15.8 Å². The van der Waals surface area contributed by atoms with Crippen LogP contribution in [0.2, 0.25) is 0 Å². The predicted octanol–water partition coefficient (Wildman–Crippen LogP) is 1.80. The van der Waals surface area contributed by atoms with Gasteiger partial charge in [0.05, 0.1) is 22.5 Å². The lowest BCUT2D eigenvalue weighted by Gasteiger charge is -2.24. The largest absolute Gasteiger partial charge is 0.480 e. The summed E-state index contributed by atoms with van der Waals surface area (Å²) >= 11 is 0. The standard InChI is InChI=1S/C12H15N3O6/c1-8(2)13(7-12(16)17)6-9-3-4-10(14(18)19)5-11(9)15(20)21/h3-5,8H,6-7H2,1-2H3,(H,16,17). The van der Waals surface area contributed by atoms with Gasteiger partial charge in [-0.3, -0.25) is 29.9 Å². The average molecular weight is 297 g/mol. The maximum atomic E-state index is 11.0. The predicted molar refractivity (Wildman–Crippen MR) is 72.9 cm³/mol. The molecule has 0 saturated carbocycles. The first-order valence-corrected chi connectivity index (χ1v) is 6.10. The van der Waals surface area contributed by atoms with Gasteiger partial charge in [0.25, 0.3) is 11.4 Å². The SMILES string of the molecule is CC(C)N(CC(=O)O)Cc1ccc([N+](=O)[O-])cc1[N+](=O)[O-]. The van der Waals surface area contributed by atoms with Gasteiger partial charge in [0.15, 0.2) is 0 Å². The Hall–Kier alpha value is -2.55. The van der Waals surface area contributed by atoms with E-state index in [9.17, 15) is 25.0 Å². The fraction of sp³-hybridized carbons (Fsp3) is 0.417. The molecule has 1 N–H and O–H groups in total. The highest BCUT2D eigenvalue weighted by atomic mass is 16.6. The summed E-state index contributed by atoms with van der Waals surface area (Å²) in [4.78, 5) is 32.6. The second kappa shape index (κ2) is 6.75. The van der Waals surface area contributed by atoms with Crippen LogP contribution in [0.1, 0.15) is 19.4 Å². The van der Waals surface area contributed by atoms with Crippen LogP contribution in [0.3, 0.4) is 0 Å². The van der Waals surface area contributed by atoms with Gasteiger partial charge >= 0.3 is 5.97 Å². The Kier molecular flexibility index (Phi) is 5.30. The minimum Gasteiger partial charge on any atom is -0.480 e. The monoisotopic (exact) mass is 297 g/mol. The topological polar surface area (TPSA) is 127 Å². The minimum absolute atomic E-state index is 0.0261. The number of carbonyl (C=O) groups is 1. The second-order valence-corrected chi connectivity index (χ2v) is 4.72. The lowest BCUT2D eigenvalue weighted by molar-refractivity contribution is -0.394. The summed E-state index contributed by atoms with van der Waals surface area (Å²) in [5.41, 5.74) is -0.527. The molecule has 0 fully saturated rings. The van der Waals surface area contributed by atoms with Gasteiger partial charge in [-0.1, -0.05) is 0 Å². The quantitative estimate of drug-likeness (QED) is 0.600. The van der Waals surface area contributed by atoms with Crippen molar-refractivity contribution in [3.8, 4) is 0 Å². The zero-order valence-corrected chi connectivity index (χ0v) is 11.6. The Balaban J connectivity index is 3.13. The number of hydrogen-bond donors (Lipinski definition) is 1. The Morgan fingerprint density at radius 1 is 1.29 bits per heavy atom. The number of benzene rings is 1. The average Bonchev–Trinajstić information content (AvgIpc) is 2.37. The van der Waals surface area contributed by atoms with Gasteiger partial charge in [-0.05, 0) is 19.9 Å². The van der Waals surface area contributed by atoms with Crippen LogP contribution in [0.4, 0.5) is 11.4 Å². The Morgan fingerprint density at radius 2 is 1.90 bits per heavy atom. The number of aliphatic carboxylic acids is 1. The van der Waals surface area contributed by atoms with Gasteiger partial charge in [-0.25, -0.2) is 0 Å². The molecular weight excluding hydrogens is 282 g/mol. The highest BCUT2D eigenvalue weighted by Gasteiger charge is 2.23. The first-order chi connectivity index (χ1) is 9.72. The summed E-state index contributed by atoms with van der Waals surface area (Å²) in [6, 6.07) is 3.19. The number of nitro benzene ring substituents is 2. The van der Waals surface area contributed by atoms with Gasteiger partial charge in [-0.2, -0.15) is 0 Å². The normalized spacial score (nSPS) is 10.9. The van der Waals surface area contributed by atoms with Crippen LogP contribution >= 0.6 is 0 Å². The molecule has 0 atom stereocenters. The van der Waals surface area contributed by atoms with Crippen molar-refractivity contribution in [1.82, 2.24) is 4.90 Å². The zero-order chi connectivity index (χ0) is 16.2. The van der Waals surface area contributed by atoms with E-state index in [1.807, 2.05) is 0 Å². The molecule has 0 saturated heterocycles. The van der Waals surface area contributed by atoms with Crippen molar-refractivity contribution in [3.63, 3.8) is 0 Å². The highest BCUT2D eigenvalue weighted by molar-refractivity contribution is 5.69. The molecule has 0 amide bonds. The lowest BCUT2D eigenvalue weighted by atomic mass is 10.1. The van der Waals surface area contributed by atoms with E-state index in [2.05, 4.69) is 0 Å². The summed E-state index contributed by atoms with van der Waals surface area (Å²) in [6.45, 7) is 3.28. The van der Waals surface area contributed by atoms with Gasteiger partial charge < -0.3 is 5.11 Å². The molecule has 0 bridgehead atoms. The molecule has 0 aliphatic rings. The van der Waals surface area contributed by atoms with E-state index in [0.717, 1.165) is 6.07 Å². The molecule has 0 aliphatic carbocycles. The molecule has 0 radical (unpaired) electrons. The van der Waals surface area contributed by atoms with Crippen molar-refractivity contribution in [1.29, 1.82) is 0 Å². The Morgan fingerprint density at radius 3 is 2.33 bits per heavy atom. The van der Waals surface area contributed by atoms with Gasteiger partial charge in [0.1, 0.15) is 0 Å². The van der Waals surface area contributed by atoms with Crippen LogP contribution in [0, 0.1) is 20.2 Å². The first-order valence-electron chi connectivity index (χ1n) is 6.10. The second-order valence-electron chi connectivity index (χ2n) is 4.72. The van der Waals surface area contributed by atoms with Crippen molar-refractivity contribution >= 4 is 17.3 Å². The molecule has 1 aromatic rings. The van der Waals surface area contributed by atoms with Crippen LogP contribution < -0.4 is 0 Å².